The third kappa shape index (κ3) is 1.62. The molecular weight excluding hydrogens is 210 g/mol. The van der Waals surface area contributed by atoms with Crippen molar-refractivity contribution < 1.29 is 5.21 Å². The van der Waals surface area contributed by atoms with Crippen molar-refractivity contribution in [1.29, 1.82) is 0 Å². The summed E-state index contributed by atoms with van der Waals surface area (Å²) in [5.41, 5.74) is 0.735. The Morgan fingerprint density at radius 2 is 1.53 bits per heavy atom. The molecular formula is C15H23NO. The van der Waals surface area contributed by atoms with E-state index in [0.29, 0.717) is 0 Å². The van der Waals surface area contributed by atoms with Gasteiger partial charge in [0.15, 0.2) is 0 Å². The van der Waals surface area contributed by atoms with Crippen molar-refractivity contribution in [3.05, 3.63) is 35.9 Å². The van der Waals surface area contributed by atoms with E-state index in [4.69, 9.17) is 0 Å². The smallest absolute Gasteiger partial charge is 0.0692 e. The Bertz CT molecular complexity index is 410. The lowest BCUT2D eigenvalue weighted by Gasteiger charge is -2.40. The van der Waals surface area contributed by atoms with Gasteiger partial charge in [-0.1, -0.05) is 44.2 Å². The van der Waals surface area contributed by atoms with Crippen LogP contribution >= 0.6 is 0 Å². The number of hydroxylamine groups is 2. The van der Waals surface area contributed by atoms with Gasteiger partial charge in [0.1, 0.15) is 0 Å². The number of rotatable bonds is 1. The molecule has 1 saturated heterocycles. The third-order valence-corrected chi connectivity index (χ3v) is 4.84. The lowest BCUT2D eigenvalue weighted by Crippen LogP contribution is -2.49. The van der Waals surface area contributed by atoms with Crippen LogP contribution in [0.15, 0.2) is 30.3 Å². The normalized spacial score (nSPS) is 31.6. The molecule has 17 heavy (non-hydrogen) atoms. The monoisotopic (exact) mass is 233 g/mol. The molecule has 1 atom stereocenters. The molecule has 1 aromatic rings. The van der Waals surface area contributed by atoms with Crippen LogP contribution in [-0.2, 0) is 5.54 Å². The maximum Gasteiger partial charge on any atom is 0.0692 e. The average Bonchev–Trinajstić information content (AvgIpc) is 2.39. The first kappa shape index (κ1) is 12.6. The summed E-state index contributed by atoms with van der Waals surface area (Å²) in [4.78, 5) is 0. The van der Waals surface area contributed by atoms with Gasteiger partial charge in [0.2, 0.25) is 0 Å². The molecule has 2 nitrogen and oxygen atoms in total. The standard InChI is InChI=1S/C15H23NO/c1-13(2)11-15(5,16(17)14(13,3)4)12-9-7-6-8-10-12/h6-10,17H,11H2,1-5H3. The first-order valence-corrected chi connectivity index (χ1v) is 6.27. The maximum atomic E-state index is 10.6. The van der Waals surface area contributed by atoms with Crippen LogP contribution in [0, 0.1) is 5.41 Å². The first-order valence-electron chi connectivity index (χ1n) is 6.27. The molecule has 2 heteroatoms. The Morgan fingerprint density at radius 3 is 1.94 bits per heavy atom. The topological polar surface area (TPSA) is 23.5 Å². The molecule has 0 bridgehead atoms. The highest BCUT2D eigenvalue weighted by molar-refractivity contribution is 5.27. The Balaban J connectivity index is 2.49. The molecule has 1 aliphatic rings. The Labute approximate surface area is 104 Å². The summed E-state index contributed by atoms with van der Waals surface area (Å²) in [5, 5.41) is 12.1. The van der Waals surface area contributed by atoms with Crippen LogP contribution in [0.4, 0.5) is 0 Å². The Morgan fingerprint density at radius 1 is 1.00 bits per heavy atom. The molecule has 1 N–H and O–H groups in total. The van der Waals surface area contributed by atoms with Crippen molar-refractivity contribution in [2.45, 2.75) is 52.1 Å². The van der Waals surface area contributed by atoms with Crippen LogP contribution in [0.2, 0.25) is 0 Å². The largest absolute Gasteiger partial charge is 0.313 e. The molecule has 0 spiro atoms. The molecule has 2 rings (SSSR count). The van der Waals surface area contributed by atoms with Crippen LogP contribution in [0.1, 0.15) is 46.6 Å². The van der Waals surface area contributed by atoms with Crippen molar-refractivity contribution >= 4 is 0 Å². The van der Waals surface area contributed by atoms with Gasteiger partial charge in [0, 0.05) is 5.54 Å². The van der Waals surface area contributed by atoms with E-state index in [1.807, 2.05) is 18.2 Å². The molecule has 1 aromatic carbocycles. The summed E-state index contributed by atoms with van der Waals surface area (Å²) in [7, 11) is 0. The second-order valence-electron chi connectivity index (χ2n) is 6.57. The van der Waals surface area contributed by atoms with Crippen LogP contribution in [0.5, 0.6) is 0 Å². The highest BCUT2D eigenvalue weighted by Gasteiger charge is 2.58. The van der Waals surface area contributed by atoms with Crippen molar-refractivity contribution in [2.75, 3.05) is 0 Å². The van der Waals surface area contributed by atoms with E-state index in [2.05, 4.69) is 46.8 Å². The maximum absolute atomic E-state index is 10.6. The van der Waals surface area contributed by atoms with E-state index < -0.39 is 0 Å². The van der Waals surface area contributed by atoms with E-state index in [1.165, 1.54) is 5.56 Å². The zero-order valence-electron chi connectivity index (χ0n) is 11.5. The molecule has 0 amide bonds. The quantitative estimate of drug-likeness (QED) is 0.797. The fourth-order valence-electron chi connectivity index (χ4n) is 3.08. The van der Waals surface area contributed by atoms with Crippen molar-refractivity contribution in [3.8, 4) is 0 Å². The summed E-state index contributed by atoms with van der Waals surface area (Å²) in [5.74, 6) is 0. The minimum Gasteiger partial charge on any atom is -0.313 e. The number of nitrogens with zero attached hydrogens (tertiary/aromatic N) is 1. The van der Waals surface area contributed by atoms with Gasteiger partial charge in [-0.2, -0.15) is 5.06 Å². The van der Waals surface area contributed by atoms with Crippen LogP contribution < -0.4 is 0 Å². The second-order valence-corrected chi connectivity index (χ2v) is 6.57. The van der Waals surface area contributed by atoms with E-state index in [-0.39, 0.29) is 16.5 Å². The van der Waals surface area contributed by atoms with E-state index >= 15 is 0 Å². The molecule has 0 radical (unpaired) electrons. The van der Waals surface area contributed by atoms with Crippen LogP contribution in [-0.4, -0.2) is 15.8 Å². The lowest BCUT2D eigenvalue weighted by atomic mass is 9.73. The summed E-state index contributed by atoms with van der Waals surface area (Å²) >= 11 is 0. The minimum absolute atomic E-state index is 0.0757. The molecule has 0 aromatic heterocycles. The fourth-order valence-corrected chi connectivity index (χ4v) is 3.08. The van der Waals surface area contributed by atoms with E-state index in [0.717, 1.165) is 6.42 Å². The average molecular weight is 233 g/mol. The molecule has 1 unspecified atom stereocenters. The van der Waals surface area contributed by atoms with Gasteiger partial charge in [0.25, 0.3) is 0 Å². The molecule has 0 aliphatic carbocycles. The van der Waals surface area contributed by atoms with E-state index in [9.17, 15) is 5.21 Å². The van der Waals surface area contributed by atoms with Gasteiger partial charge in [0.05, 0.1) is 5.54 Å². The molecule has 1 fully saturated rings. The summed E-state index contributed by atoms with van der Waals surface area (Å²) < 4.78 is 0. The zero-order valence-corrected chi connectivity index (χ0v) is 11.5. The van der Waals surface area contributed by atoms with Gasteiger partial charge in [-0.3, -0.25) is 0 Å². The lowest BCUT2D eigenvalue weighted by molar-refractivity contribution is -0.210. The summed E-state index contributed by atoms with van der Waals surface area (Å²) in [6.07, 6.45) is 0.952. The van der Waals surface area contributed by atoms with Crippen LogP contribution in [0.3, 0.4) is 0 Å². The second kappa shape index (κ2) is 3.56. The van der Waals surface area contributed by atoms with Gasteiger partial charge >= 0.3 is 0 Å². The van der Waals surface area contributed by atoms with Crippen LogP contribution in [0.25, 0.3) is 0 Å². The van der Waals surface area contributed by atoms with Crippen molar-refractivity contribution in [3.63, 3.8) is 0 Å². The van der Waals surface area contributed by atoms with Crippen molar-refractivity contribution in [2.24, 2.45) is 5.41 Å². The Kier molecular flexibility index (Phi) is 2.64. The number of hydrogen-bond acceptors (Lipinski definition) is 2. The van der Waals surface area contributed by atoms with E-state index in [1.54, 1.807) is 5.06 Å². The number of hydrogen-bond donors (Lipinski definition) is 1. The molecule has 94 valence electrons. The summed E-state index contributed by atoms with van der Waals surface area (Å²) in [6, 6.07) is 10.3. The molecule has 1 aliphatic heterocycles. The third-order valence-electron chi connectivity index (χ3n) is 4.84. The fraction of sp³-hybridized carbons (Fsp3) is 0.600. The SMILES string of the molecule is CC1(c2ccccc2)CC(C)(C)C(C)(C)N1O. The Hall–Kier alpha value is -0.860. The molecule has 1 heterocycles. The van der Waals surface area contributed by atoms with Gasteiger partial charge in [-0.15, -0.1) is 0 Å². The summed E-state index contributed by atoms with van der Waals surface area (Å²) in [6.45, 7) is 10.8. The van der Waals surface area contributed by atoms with Gasteiger partial charge in [-0.25, -0.2) is 0 Å². The minimum atomic E-state index is -0.297. The van der Waals surface area contributed by atoms with Gasteiger partial charge in [-0.05, 0) is 38.2 Å². The predicted octanol–water partition coefficient (Wildman–Crippen LogP) is 3.80. The first-order chi connectivity index (χ1) is 7.72. The highest BCUT2D eigenvalue weighted by Crippen LogP contribution is 2.55. The van der Waals surface area contributed by atoms with Gasteiger partial charge < -0.3 is 5.21 Å². The van der Waals surface area contributed by atoms with Crippen molar-refractivity contribution in [1.82, 2.24) is 5.06 Å². The number of benzene rings is 1. The highest BCUT2D eigenvalue weighted by atomic mass is 16.5. The zero-order chi connectivity index (χ0) is 12.9. The predicted molar refractivity (Wildman–Crippen MR) is 69.9 cm³/mol. The molecule has 0 saturated carbocycles.